The van der Waals surface area contributed by atoms with Crippen molar-refractivity contribution in [2.75, 3.05) is 19.0 Å². The minimum absolute atomic E-state index is 0.467. The Bertz CT molecular complexity index is 270. The molecular formula is C8H14N4. The van der Waals surface area contributed by atoms with Gasteiger partial charge in [-0.2, -0.15) is 0 Å². The Kier molecular flexibility index (Phi) is 2.60. The minimum atomic E-state index is 0.467. The lowest BCUT2D eigenvalue weighted by Gasteiger charge is -2.11. The fraction of sp³-hybridized carbons (Fsp3) is 0.500. The summed E-state index contributed by atoms with van der Waals surface area (Å²) in [5, 5.41) is 0. The topological polar surface area (TPSA) is 55.0 Å². The van der Waals surface area contributed by atoms with E-state index in [0.29, 0.717) is 12.5 Å². The van der Waals surface area contributed by atoms with Crippen LogP contribution in [0.3, 0.4) is 0 Å². The zero-order chi connectivity index (χ0) is 9.14. The van der Waals surface area contributed by atoms with Crippen molar-refractivity contribution in [2.24, 2.45) is 5.73 Å². The SMILES string of the molecule is Cc1cnc(N(C)C)nc1CN. The van der Waals surface area contributed by atoms with Crippen LogP contribution < -0.4 is 10.6 Å². The standard InChI is InChI=1S/C8H14N4/c1-6-5-10-8(12(2)3)11-7(6)4-9/h5H,4,9H2,1-3H3. The lowest BCUT2D eigenvalue weighted by molar-refractivity contribution is 0.905. The van der Waals surface area contributed by atoms with Gasteiger partial charge < -0.3 is 10.6 Å². The number of hydrogen-bond donors (Lipinski definition) is 1. The van der Waals surface area contributed by atoms with Gasteiger partial charge in [-0.05, 0) is 12.5 Å². The van der Waals surface area contributed by atoms with Gasteiger partial charge in [-0.25, -0.2) is 9.97 Å². The Balaban J connectivity index is 3.05. The highest BCUT2D eigenvalue weighted by atomic mass is 15.2. The highest BCUT2D eigenvalue weighted by molar-refractivity contribution is 5.30. The summed E-state index contributed by atoms with van der Waals surface area (Å²) < 4.78 is 0. The van der Waals surface area contributed by atoms with Crippen molar-refractivity contribution >= 4 is 5.95 Å². The molecule has 0 bridgehead atoms. The summed E-state index contributed by atoms with van der Waals surface area (Å²) in [7, 11) is 3.82. The van der Waals surface area contributed by atoms with E-state index in [4.69, 9.17) is 5.73 Å². The summed E-state index contributed by atoms with van der Waals surface area (Å²) >= 11 is 0. The van der Waals surface area contributed by atoms with Gasteiger partial charge in [0.2, 0.25) is 5.95 Å². The number of nitrogens with zero attached hydrogens (tertiary/aromatic N) is 3. The van der Waals surface area contributed by atoms with E-state index in [1.54, 1.807) is 6.20 Å². The van der Waals surface area contributed by atoms with Crippen LogP contribution in [0.4, 0.5) is 5.95 Å². The van der Waals surface area contributed by atoms with E-state index in [0.717, 1.165) is 11.3 Å². The van der Waals surface area contributed by atoms with Crippen LogP contribution in [0.2, 0.25) is 0 Å². The van der Waals surface area contributed by atoms with E-state index < -0.39 is 0 Å². The number of nitrogens with two attached hydrogens (primary N) is 1. The first kappa shape index (κ1) is 8.93. The zero-order valence-electron chi connectivity index (χ0n) is 7.70. The van der Waals surface area contributed by atoms with Crippen LogP contribution >= 0.6 is 0 Å². The molecule has 0 aliphatic carbocycles. The van der Waals surface area contributed by atoms with Gasteiger partial charge in [-0.1, -0.05) is 0 Å². The molecule has 66 valence electrons. The minimum Gasteiger partial charge on any atom is -0.347 e. The molecule has 0 aliphatic heterocycles. The highest BCUT2D eigenvalue weighted by Gasteiger charge is 2.02. The lowest BCUT2D eigenvalue weighted by atomic mass is 10.2. The largest absolute Gasteiger partial charge is 0.347 e. The van der Waals surface area contributed by atoms with E-state index in [-0.39, 0.29) is 0 Å². The fourth-order valence-corrected chi connectivity index (χ4v) is 0.889. The van der Waals surface area contributed by atoms with Gasteiger partial charge in [0.25, 0.3) is 0 Å². The van der Waals surface area contributed by atoms with Crippen LogP contribution in [-0.4, -0.2) is 24.1 Å². The van der Waals surface area contributed by atoms with E-state index >= 15 is 0 Å². The van der Waals surface area contributed by atoms with Crippen molar-refractivity contribution in [1.82, 2.24) is 9.97 Å². The maximum Gasteiger partial charge on any atom is 0.225 e. The van der Waals surface area contributed by atoms with Crippen LogP contribution in [-0.2, 0) is 6.54 Å². The molecule has 1 aromatic rings. The van der Waals surface area contributed by atoms with Gasteiger partial charge in [-0.15, -0.1) is 0 Å². The molecule has 0 fully saturated rings. The summed E-state index contributed by atoms with van der Waals surface area (Å²) in [6, 6.07) is 0. The van der Waals surface area contributed by atoms with Crippen molar-refractivity contribution in [3.63, 3.8) is 0 Å². The number of rotatable bonds is 2. The summed E-state index contributed by atoms with van der Waals surface area (Å²) in [6.45, 7) is 2.43. The van der Waals surface area contributed by atoms with Gasteiger partial charge in [0.1, 0.15) is 0 Å². The first-order chi connectivity index (χ1) is 5.65. The van der Waals surface area contributed by atoms with Crippen molar-refractivity contribution in [2.45, 2.75) is 13.5 Å². The summed E-state index contributed by atoms with van der Waals surface area (Å²) in [6.07, 6.45) is 1.80. The molecule has 0 saturated carbocycles. The van der Waals surface area contributed by atoms with E-state index in [1.165, 1.54) is 0 Å². The molecule has 0 aromatic carbocycles. The molecule has 12 heavy (non-hydrogen) atoms. The molecular weight excluding hydrogens is 152 g/mol. The molecule has 0 saturated heterocycles. The van der Waals surface area contributed by atoms with Crippen LogP contribution in [0.5, 0.6) is 0 Å². The molecule has 0 aliphatic rings. The maximum absolute atomic E-state index is 5.51. The van der Waals surface area contributed by atoms with Crippen molar-refractivity contribution in [3.05, 3.63) is 17.5 Å². The number of aryl methyl sites for hydroxylation is 1. The normalized spacial score (nSPS) is 10.0. The van der Waals surface area contributed by atoms with Gasteiger partial charge in [0, 0.05) is 26.8 Å². The Morgan fingerprint density at radius 3 is 2.67 bits per heavy atom. The smallest absolute Gasteiger partial charge is 0.225 e. The third kappa shape index (κ3) is 1.71. The van der Waals surface area contributed by atoms with Crippen LogP contribution in [0.25, 0.3) is 0 Å². The van der Waals surface area contributed by atoms with Crippen molar-refractivity contribution < 1.29 is 0 Å². The van der Waals surface area contributed by atoms with Crippen molar-refractivity contribution in [1.29, 1.82) is 0 Å². The third-order valence-corrected chi connectivity index (χ3v) is 1.66. The Labute approximate surface area is 72.4 Å². The first-order valence-corrected chi connectivity index (χ1v) is 3.85. The molecule has 0 radical (unpaired) electrons. The average molecular weight is 166 g/mol. The van der Waals surface area contributed by atoms with E-state index in [2.05, 4.69) is 9.97 Å². The Morgan fingerprint density at radius 1 is 1.50 bits per heavy atom. The molecule has 4 nitrogen and oxygen atoms in total. The van der Waals surface area contributed by atoms with Crippen LogP contribution in [0.1, 0.15) is 11.3 Å². The maximum atomic E-state index is 5.51. The molecule has 0 amide bonds. The van der Waals surface area contributed by atoms with Gasteiger partial charge in [0.05, 0.1) is 5.69 Å². The van der Waals surface area contributed by atoms with Crippen LogP contribution in [0, 0.1) is 6.92 Å². The molecule has 1 rings (SSSR count). The Hall–Kier alpha value is -1.16. The molecule has 2 N–H and O–H groups in total. The third-order valence-electron chi connectivity index (χ3n) is 1.66. The van der Waals surface area contributed by atoms with Gasteiger partial charge in [-0.3, -0.25) is 0 Å². The zero-order valence-corrected chi connectivity index (χ0v) is 7.70. The molecule has 1 heterocycles. The second-order valence-corrected chi connectivity index (χ2v) is 2.90. The second-order valence-electron chi connectivity index (χ2n) is 2.90. The quantitative estimate of drug-likeness (QED) is 0.687. The lowest BCUT2D eigenvalue weighted by Crippen LogP contribution is -2.15. The predicted octanol–water partition coefficient (Wildman–Crippen LogP) is 0.310. The number of aromatic nitrogens is 2. The molecule has 4 heteroatoms. The highest BCUT2D eigenvalue weighted by Crippen LogP contribution is 2.07. The predicted molar refractivity (Wildman–Crippen MR) is 49.0 cm³/mol. The molecule has 0 atom stereocenters. The summed E-state index contributed by atoms with van der Waals surface area (Å²) in [4.78, 5) is 10.3. The van der Waals surface area contributed by atoms with Gasteiger partial charge in [0.15, 0.2) is 0 Å². The van der Waals surface area contributed by atoms with Crippen molar-refractivity contribution in [3.8, 4) is 0 Å². The molecule has 0 unspecified atom stereocenters. The monoisotopic (exact) mass is 166 g/mol. The second kappa shape index (κ2) is 3.49. The number of hydrogen-bond acceptors (Lipinski definition) is 4. The first-order valence-electron chi connectivity index (χ1n) is 3.85. The average Bonchev–Trinajstić information content (AvgIpc) is 2.05. The van der Waals surface area contributed by atoms with Gasteiger partial charge >= 0.3 is 0 Å². The van der Waals surface area contributed by atoms with Crippen LogP contribution in [0.15, 0.2) is 6.20 Å². The molecule has 1 aromatic heterocycles. The summed E-state index contributed by atoms with van der Waals surface area (Å²) in [5.41, 5.74) is 7.47. The Morgan fingerprint density at radius 2 is 2.17 bits per heavy atom. The van der Waals surface area contributed by atoms with E-state index in [1.807, 2.05) is 25.9 Å². The van der Waals surface area contributed by atoms with E-state index in [9.17, 15) is 0 Å². The fourth-order valence-electron chi connectivity index (χ4n) is 0.889. The summed E-state index contributed by atoms with van der Waals surface area (Å²) in [5.74, 6) is 0.709. The molecule has 0 spiro atoms. The number of anilines is 1.